The van der Waals surface area contributed by atoms with Crippen LogP contribution in [0.2, 0.25) is 0 Å². The molecular weight excluding hydrogens is 387 g/mol. The molecular formula is C24H29FO5. The monoisotopic (exact) mass is 416 g/mol. The number of aliphatic hydroxyl groups is 1. The Morgan fingerprint density at radius 1 is 1.20 bits per heavy atom. The zero-order valence-corrected chi connectivity index (χ0v) is 17.4. The van der Waals surface area contributed by atoms with Crippen LogP contribution in [0, 0.1) is 6.92 Å². The summed E-state index contributed by atoms with van der Waals surface area (Å²) in [4.78, 5) is 12.9. The fraction of sp³-hybridized carbons (Fsp3) is 0.458. The molecule has 0 bridgehead atoms. The molecule has 0 aliphatic carbocycles. The minimum absolute atomic E-state index is 0.109. The summed E-state index contributed by atoms with van der Waals surface area (Å²) in [6.07, 6.45) is -0.770. The van der Waals surface area contributed by atoms with Crippen LogP contribution in [0.25, 0.3) is 0 Å². The van der Waals surface area contributed by atoms with E-state index in [1.165, 1.54) is 11.6 Å². The van der Waals surface area contributed by atoms with E-state index in [1.54, 1.807) is 13.0 Å². The second-order valence-electron chi connectivity index (χ2n) is 7.75. The van der Waals surface area contributed by atoms with Crippen molar-refractivity contribution in [3.8, 4) is 11.5 Å². The average molecular weight is 416 g/mol. The zero-order valence-electron chi connectivity index (χ0n) is 17.4. The Kier molecular flexibility index (Phi) is 7.45. The van der Waals surface area contributed by atoms with E-state index < -0.39 is 25.2 Å². The zero-order chi connectivity index (χ0) is 21.7. The molecule has 0 spiro atoms. The maximum Gasteiger partial charge on any atom is 0.200 e. The van der Waals surface area contributed by atoms with E-state index in [9.17, 15) is 19.4 Å². The number of phenolic OH excluding ortho intramolecular Hbond substituents is 1. The number of aliphatic hydroxyl groups excluding tert-OH is 1. The molecule has 0 radical (unpaired) electrons. The van der Waals surface area contributed by atoms with Crippen LogP contribution in [0.5, 0.6) is 11.5 Å². The Hall–Kier alpha value is -2.44. The summed E-state index contributed by atoms with van der Waals surface area (Å²) < 4.78 is 25.1. The van der Waals surface area contributed by atoms with Crippen molar-refractivity contribution < 1.29 is 28.9 Å². The number of hydrogen-bond acceptors (Lipinski definition) is 5. The molecule has 1 saturated heterocycles. The van der Waals surface area contributed by atoms with Crippen LogP contribution in [0.3, 0.4) is 0 Å². The third-order valence-corrected chi connectivity index (χ3v) is 5.42. The molecule has 1 heterocycles. The summed E-state index contributed by atoms with van der Waals surface area (Å²) in [7, 11) is 0. The molecule has 3 rings (SSSR count). The number of halogens is 1. The van der Waals surface area contributed by atoms with Crippen LogP contribution >= 0.6 is 0 Å². The van der Waals surface area contributed by atoms with Gasteiger partial charge >= 0.3 is 0 Å². The van der Waals surface area contributed by atoms with Crippen molar-refractivity contribution in [3.05, 3.63) is 58.7 Å². The van der Waals surface area contributed by atoms with Gasteiger partial charge in [0, 0.05) is 12.8 Å². The number of ether oxygens (including phenoxy) is 2. The first-order chi connectivity index (χ1) is 14.4. The first-order valence-corrected chi connectivity index (χ1v) is 10.4. The number of carbonyl (C=O) groups is 1. The van der Waals surface area contributed by atoms with Crippen molar-refractivity contribution in [2.75, 3.05) is 6.61 Å². The maximum atomic E-state index is 13.8. The number of benzene rings is 2. The van der Waals surface area contributed by atoms with Gasteiger partial charge in [-0.1, -0.05) is 31.2 Å². The van der Waals surface area contributed by atoms with Gasteiger partial charge in [0.05, 0.1) is 6.61 Å². The van der Waals surface area contributed by atoms with Crippen LogP contribution in [-0.2, 0) is 17.6 Å². The van der Waals surface area contributed by atoms with Gasteiger partial charge in [-0.15, -0.1) is 0 Å². The number of ketones is 1. The lowest BCUT2D eigenvalue weighted by Gasteiger charge is -2.32. The first kappa shape index (κ1) is 22.2. The van der Waals surface area contributed by atoms with E-state index in [0.29, 0.717) is 12.8 Å². The van der Waals surface area contributed by atoms with Crippen LogP contribution in [0.15, 0.2) is 36.4 Å². The molecule has 0 aromatic heterocycles. The minimum Gasteiger partial charge on any atom is -0.507 e. The molecule has 2 aromatic carbocycles. The molecule has 1 aliphatic rings. The van der Waals surface area contributed by atoms with Crippen molar-refractivity contribution in [2.45, 2.75) is 64.5 Å². The Morgan fingerprint density at radius 2 is 1.90 bits per heavy atom. The minimum atomic E-state index is -1.25. The quantitative estimate of drug-likeness (QED) is 0.628. The fourth-order valence-corrected chi connectivity index (χ4v) is 3.65. The molecule has 2 N–H and O–H groups in total. The Labute approximate surface area is 176 Å². The highest BCUT2D eigenvalue weighted by Gasteiger charge is 2.33. The molecule has 162 valence electrons. The molecule has 2 aromatic rings. The SMILES string of the molecule is CCc1ccc(CCC(=O)c2c(O)cc(C)cc2OC2CCC(F)C(CO)O2)cc1. The molecule has 5 nitrogen and oxygen atoms in total. The van der Waals surface area contributed by atoms with E-state index in [2.05, 4.69) is 6.92 Å². The first-order valence-electron chi connectivity index (χ1n) is 10.4. The van der Waals surface area contributed by atoms with Crippen molar-refractivity contribution in [3.63, 3.8) is 0 Å². The maximum absolute atomic E-state index is 13.8. The van der Waals surface area contributed by atoms with E-state index in [4.69, 9.17) is 9.47 Å². The number of aryl methyl sites for hydroxylation is 3. The predicted octanol–water partition coefficient (Wildman–Crippen LogP) is 4.29. The molecule has 6 heteroatoms. The number of carbonyl (C=O) groups excluding carboxylic acids is 1. The molecule has 3 atom stereocenters. The number of alkyl halides is 1. The van der Waals surface area contributed by atoms with Gasteiger partial charge in [-0.25, -0.2) is 4.39 Å². The summed E-state index contributed by atoms with van der Waals surface area (Å²) in [6, 6.07) is 11.3. The molecule has 30 heavy (non-hydrogen) atoms. The van der Waals surface area contributed by atoms with Gasteiger partial charge < -0.3 is 19.7 Å². The van der Waals surface area contributed by atoms with Crippen molar-refractivity contribution in [1.82, 2.24) is 0 Å². The normalized spacial score (nSPS) is 21.4. The van der Waals surface area contributed by atoms with Gasteiger partial charge in [0.1, 0.15) is 29.3 Å². The second-order valence-corrected chi connectivity index (χ2v) is 7.75. The van der Waals surface area contributed by atoms with E-state index in [1.807, 2.05) is 24.3 Å². The van der Waals surface area contributed by atoms with Gasteiger partial charge in [-0.2, -0.15) is 0 Å². The van der Waals surface area contributed by atoms with Crippen molar-refractivity contribution in [1.29, 1.82) is 0 Å². The second kappa shape index (κ2) is 10.0. The molecule has 0 saturated carbocycles. The Morgan fingerprint density at radius 3 is 2.57 bits per heavy atom. The summed E-state index contributed by atoms with van der Waals surface area (Å²) in [5.41, 5.74) is 3.12. The van der Waals surface area contributed by atoms with Gasteiger partial charge in [0.2, 0.25) is 0 Å². The van der Waals surface area contributed by atoms with Crippen LogP contribution in [-0.4, -0.2) is 41.2 Å². The lowest BCUT2D eigenvalue weighted by Crippen LogP contribution is -2.41. The third kappa shape index (κ3) is 5.37. The van der Waals surface area contributed by atoms with E-state index in [-0.39, 0.29) is 35.7 Å². The largest absolute Gasteiger partial charge is 0.507 e. The standard InChI is InChI=1S/C24H29FO5/c1-3-16-4-6-17(7-5-16)8-10-19(27)24-20(28)12-15(2)13-21(24)29-23-11-9-18(25)22(14-26)30-23/h4-7,12-13,18,22-23,26,28H,3,8-11,14H2,1-2H3. The predicted molar refractivity (Wildman–Crippen MR) is 112 cm³/mol. The topological polar surface area (TPSA) is 76.0 Å². The van der Waals surface area contributed by atoms with E-state index in [0.717, 1.165) is 17.5 Å². The van der Waals surface area contributed by atoms with E-state index >= 15 is 0 Å². The fourth-order valence-electron chi connectivity index (χ4n) is 3.65. The molecule has 1 fully saturated rings. The number of aromatic hydroxyl groups is 1. The number of Topliss-reactive ketones (excluding diaryl/α,β-unsaturated/α-hetero) is 1. The molecule has 1 aliphatic heterocycles. The highest BCUT2D eigenvalue weighted by molar-refractivity contribution is 6.01. The third-order valence-electron chi connectivity index (χ3n) is 5.42. The number of rotatable bonds is 8. The average Bonchev–Trinajstić information content (AvgIpc) is 2.73. The van der Waals surface area contributed by atoms with Crippen molar-refractivity contribution in [2.24, 2.45) is 0 Å². The number of hydrogen-bond donors (Lipinski definition) is 2. The summed E-state index contributed by atoms with van der Waals surface area (Å²) in [5, 5.41) is 19.7. The molecule has 3 unspecified atom stereocenters. The lowest BCUT2D eigenvalue weighted by atomic mass is 9.99. The van der Waals surface area contributed by atoms with Crippen LogP contribution < -0.4 is 4.74 Å². The van der Waals surface area contributed by atoms with Crippen LogP contribution in [0.4, 0.5) is 4.39 Å². The summed E-state index contributed by atoms with van der Waals surface area (Å²) in [5.74, 6) is -0.160. The van der Waals surface area contributed by atoms with Crippen molar-refractivity contribution >= 4 is 5.78 Å². The highest BCUT2D eigenvalue weighted by atomic mass is 19.1. The lowest BCUT2D eigenvalue weighted by molar-refractivity contribution is -0.182. The number of phenols is 1. The molecule has 0 amide bonds. The Bertz CT molecular complexity index is 865. The van der Waals surface area contributed by atoms with Gasteiger partial charge in [-0.05, 0) is 55.0 Å². The Balaban J connectivity index is 1.74. The highest BCUT2D eigenvalue weighted by Crippen LogP contribution is 2.34. The summed E-state index contributed by atoms with van der Waals surface area (Å²) in [6.45, 7) is 3.43. The van der Waals surface area contributed by atoms with Gasteiger partial charge in [0.25, 0.3) is 0 Å². The van der Waals surface area contributed by atoms with Gasteiger partial charge in [0.15, 0.2) is 12.1 Å². The van der Waals surface area contributed by atoms with Gasteiger partial charge in [-0.3, -0.25) is 4.79 Å². The summed E-state index contributed by atoms with van der Waals surface area (Å²) >= 11 is 0. The smallest absolute Gasteiger partial charge is 0.200 e. The van der Waals surface area contributed by atoms with Crippen LogP contribution in [0.1, 0.15) is 53.2 Å².